The molecule has 4 aromatic rings. The maximum Gasteiger partial charge on any atom is 0.268 e. The molecule has 3 aromatic carbocycles. The van der Waals surface area contributed by atoms with Gasteiger partial charge in [-0.05, 0) is 42.8 Å². The lowest BCUT2D eigenvalue weighted by molar-refractivity contribution is 0.0942. The maximum atomic E-state index is 13.4. The number of nitrogens with one attached hydrogen (secondary N) is 1. The van der Waals surface area contributed by atoms with Crippen molar-refractivity contribution in [2.45, 2.75) is 24.9 Å². The third kappa shape index (κ3) is 5.23. The molecule has 0 saturated heterocycles. The Labute approximate surface area is 206 Å². The van der Waals surface area contributed by atoms with Crippen LogP contribution in [0.25, 0.3) is 10.9 Å². The zero-order valence-corrected chi connectivity index (χ0v) is 20.9. The van der Waals surface area contributed by atoms with Crippen LogP contribution in [0.3, 0.4) is 0 Å². The average Bonchev–Trinajstić information content (AvgIpc) is 3.21. The number of hydrogen-bond donors (Lipinski definition) is 1. The van der Waals surface area contributed by atoms with Crippen LogP contribution in [0.15, 0.2) is 83.8 Å². The van der Waals surface area contributed by atoms with Crippen molar-refractivity contribution >= 4 is 26.8 Å². The normalized spacial score (nSPS) is 11.7. The van der Waals surface area contributed by atoms with Crippen LogP contribution in [0.1, 0.15) is 28.5 Å². The van der Waals surface area contributed by atoms with Gasteiger partial charge in [0.15, 0.2) is 0 Å². The number of ether oxygens (including phenoxy) is 1. The summed E-state index contributed by atoms with van der Waals surface area (Å²) in [5.74, 6) is 0.485. The Bertz CT molecular complexity index is 1440. The summed E-state index contributed by atoms with van der Waals surface area (Å²) in [6.45, 7) is 3.24. The van der Waals surface area contributed by atoms with Crippen molar-refractivity contribution in [3.8, 4) is 5.75 Å². The second kappa shape index (κ2) is 10.3. The lowest BCUT2D eigenvalue weighted by Gasteiger charge is -2.14. The zero-order chi connectivity index (χ0) is 25.0. The van der Waals surface area contributed by atoms with E-state index in [1.165, 1.54) is 18.4 Å². The first-order chi connectivity index (χ1) is 16.8. The van der Waals surface area contributed by atoms with E-state index in [0.29, 0.717) is 30.8 Å². The Kier molecular flexibility index (Phi) is 7.23. The predicted octanol–water partition coefficient (Wildman–Crippen LogP) is 4.27. The quantitative estimate of drug-likeness (QED) is 0.379. The number of carbonyl (C=O) groups excluding carboxylic acids is 1. The summed E-state index contributed by atoms with van der Waals surface area (Å²) in [5.41, 5.74) is 3.15. The van der Waals surface area contributed by atoms with Crippen molar-refractivity contribution in [3.63, 3.8) is 0 Å². The minimum atomic E-state index is -3.60. The van der Waals surface area contributed by atoms with Crippen molar-refractivity contribution in [2.24, 2.45) is 0 Å². The van der Waals surface area contributed by atoms with Gasteiger partial charge in [-0.2, -0.15) is 0 Å². The van der Waals surface area contributed by atoms with E-state index < -0.39 is 10.0 Å². The predicted molar refractivity (Wildman–Crippen MR) is 137 cm³/mol. The number of para-hydroxylation sites is 1. The van der Waals surface area contributed by atoms with Gasteiger partial charge in [0.1, 0.15) is 11.4 Å². The monoisotopic (exact) mass is 491 g/mol. The summed E-state index contributed by atoms with van der Waals surface area (Å²) in [6, 6.07) is 24.1. The van der Waals surface area contributed by atoms with Crippen molar-refractivity contribution < 1.29 is 17.9 Å². The maximum absolute atomic E-state index is 13.4. The van der Waals surface area contributed by atoms with Gasteiger partial charge < -0.3 is 14.6 Å². The Balaban J connectivity index is 1.72. The largest absolute Gasteiger partial charge is 0.494 e. The second-order valence-electron chi connectivity index (χ2n) is 8.33. The summed E-state index contributed by atoms with van der Waals surface area (Å²) >= 11 is 0. The molecular weight excluding hydrogens is 462 g/mol. The fourth-order valence-electron chi connectivity index (χ4n) is 3.96. The van der Waals surface area contributed by atoms with Crippen LogP contribution in [0.2, 0.25) is 0 Å². The summed E-state index contributed by atoms with van der Waals surface area (Å²) in [5, 5.41) is 3.68. The Morgan fingerprint density at radius 1 is 0.971 bits per heavy atom. The summed E-state index contributed by atoms with van der Waals surface area (Å²) in [4.78, 5) is 13.5. The number of amides is 1. The third-order valence-corrected chi connectivity index (χ3v) is 7.59. The summed E-state index contributed by atoms with van der Waals surface area (Å²) < 4.78 is 34.1. The molecule has 0 saturated carbocycles. The lowest BCUT2D eigenvalue weighted by atomic mass is 10.2. The highest BCUT2D eigenvalue weighted by molar-refractivity contribution is 7.89. The zero-order valence-electron chi connectivity index (χ0n) is 20.1. The summed E-state index contributed by atoms with van der Waals surface area (Å²) in [6.07, 6.45) is 0. The molecule has 0 unspecified atom stereocenters. The highest BCUT2D eigenvalue weighted by Crippen LogP contribution is 2.26. The Morgan fingerprint density at radius 2 is 1.69 bits per heavy atom. The number of aromatic nitrogens is 1. The molecule has 35 heavy (non-hydrogen) atoms. The molecule has 0 aliphatic rings. The number of rotatable bonds is 9. The minimum absolute atomic E-state index is 0.185. The molecule has 4 rings (SSSR count). The molecule has 1 N–H and O–H groups in total. The molecule has 0 spiro atoms. The SMILES string of the molecule is CCOc1ccccc1CNC(=O)c1cc2cc(S(=O)(=O)N(C)C)ccc2n1Cc1ccccc1. The molecule has 0 bridgehead atoms. The fraction of sp³-hybridized carbons (Fsp3) is 0.222. The molecule has 8 heteroatoms. The molecule has 0 aliphatic heterocycles. The van der Waals surface area contributed by atoms with Gasteiger partial charge in [-0.15, -0.1) is 0 Å². The van der Waals surface area contributed by atoms with Gasteiger partial charge in [-0.3, -0.25) is 4.79 Å². The van der Waals surface area contributed by atoms with Crippen molar-refractivity contribution in [1.82, 2.24) is 14.2 Å². The number of hydrogen-bond acceptors (Lipinski definition) is 4. The number of sulfonamides is 1. The molecule has 0 atom stereocenters. The molecule has 1 amide bonds. The topological polar surface area (TPSA) is 80.6 Å². The van der Waals surface area contributed by atoms with Gasteiger partial charge in [-0.1, -0.05) is 48.5 Å². The highest BCUT2D eigenvalue weighted by Gasteiger charge is 2.21. The van der Waals surface area contributed by atoms with Crippen LogP contribution >= 0.6 is 0 Å². The number of carbonyl (C=O) groups is 1. The van der Waals surface area contributed by atoms with E-state index in [-0.39, 0.29) is 10.8 Å². The molecule has 0 fully saturated rings. The van der Waals surface area contributed by atoms with E-state index in [2.05, 4.69) is 5.32 Å². The van der Waals surface area contributed by atoms with Gasteiger partial charge in [0.05, 0.1) is 11.5 Å². The fourth-order valence-corrected chi connectivity index (χ4v) is 4.89. The van der Waals surface area contributed by atoms with Gasteiger partial charge in [0.25, 0.3) is 5.91 Å². The van der Waals surface area contributed by atoms with E-state index in [9.17, 15) is 13.2 Å². The molecular formula is C27H29N3O4S. The number of benzene rings is 3. The molecule has 7 nitrogen and oxygen atoms in total. The van der Waals surface area contributed by atoms with E-state index in [1.54, 1.807) is 24.3 Å². The Hall–Kier alpha value is -3.62. The van der Waals surface area contributed by atoms with Crippen molar-refractivity contribution in [1.29, 1.82) is 0 Å². The first-order valence-electron chi connectivity index (χ1n) is 11.4. The van der Waals surface area contributed by atoms with Crippen LogP contribution in [-0.4, -0.2) is 43.9 Å². The summed E-state index contributed by atoms with van der Waals surface area (Å²) in [7, 11) is -0.600. The lowest BCUT2D eigenvalue weighted by Crippen LogP contribution is -2.26. The van der Waals surface area contributed by atoms with Gasteiger partial charge in [-0.25, -0.2) is 12.7 Å². The Morgan fingerprint density at radius 3 is 2.40 bits per heavy atom. The molecule has 0 aliphatic carbocycles. The molecule has 0 radical (unpaired) electrons. The molecule has 1 heterocycles. The van der Waals surface area contributed by atoms with Crippen LogP contribution in [-0.2, 0) is 23.1 Å². The first-order valence-corrected chi connectivity index (χ1v) is 12.8. The van der Waals surface area contributed by atoms with Gasteiger partial charge in [0.2, 0.25) is 10.0 Å². The van der Waals surface area contributed by atoms with Crippen LogP contribution in [0.4, 0.5) is 0 Å². The van der Waals surface area contributed by atoms with Crippen LogP contribution < -0.4 is 10.1 Å². The standard InChI is InChI=1S/C27H29N3O4S/c1-4-34-26-13-9-8-12-21(26)18-28-27(31)25-17-22-16-23(35(32,33)29(2)3)14-15-24(22)30(25)19-20-10-6-5-7-11-20/h5-17H,4,18-19H2,1-3H3,(H,28,31). The molecule has 1 aromatic heterocycles. The second-order valence-corrected chi connectivity index (χ2v) is 10.5. The average molecular weight is 492 g/mol. The number of nitrogens with zero attached hydrogens (tertiary/aromatic N) is 2. The minimum Gasteiger partial charge on any atom is -0.494 e. The van der Waals surface area contributed by atoms with E-state index in [1.807, 2.05) is 66.1 Å². The van der Waals surface area contributed by atoms with Crippen molar-refractivity contribution in [2.75, 3.05) is 20.7 Å². The van der Waals surface area contributed by atoms with Crippen LogP contribution in [0, 0.1) is 0 Å². The van der Waals surface area contributed by atoms with Gasteiger partial charge >= 0.3 is 0 Å². The number of fused-ring (bicyclic) bond motifs is 1. The first kappa shape index (κ1) is 24.5. The highest BCUT2D eigenvalue weighted by atomic mass is 32.2. The van der Waals surface area contributed by atoms with Crippen LogP contribution in [0.5, 0.6) is 5.75 Å². The smallest absolute Gasteiger partial charge is 0.268 e. The van der Waals surface area contributed by atoms with Crippen molar-refractivity contribution in [3.05, 3.63) is 95.7 Å². The molecule has 182 valence electrons. The van der Waals surface area contributed by atoms with E-state index in [0.717, 1.165) is 22.4 Å². The van der Waals surface area contributed by atoms with Gasteiger partial charge in [0, 0.05) is 43.7 Å². The van der Waals surface area contributed by atoms with E-state index >= 15 is 0 Å². The third-order valence-electron chi connectivity index (χ3n) is 5.78. The van der Waals surface area contributed by atoms with E-state index in [4.69, 9.17) is 4.74 Å².